The zero-order chi connectivity index (χ0) is 18.9. The first-order chi connectivity index (χ1) is 11.7. The Kier molecular flexibility index (Phi) is 7.92. The quantitative estimate of drug-likeness (QED) is 0.347. The van der Waals surface area contributed by atoms with Gasteiger partial charge in [-0.1, -0.05) is 30.9 Å². The lowest BCUT2D eigenvalue weighted by molar-refractivity contribution is 0.358. The van der Waals surface area contributed by atoms with E-state index in [2.05, 4.69) is 26.9 Å². The molecule has 1 aromatic carbocycles. The molecule has 0 aliphatic carbocycles. The number of benzene rings is 1. The highest BCUT2D eigenvalue weighted by molar-refractivity contribution is 7.88. The van der Waals surface area contributed by atoms with Crippen molar-refractivity contribution in [1.29, 1.82) is 0 Å². The molecule has 25 heavy (non-hydrogen) atoms. The number of hydrogen-bond donors (Lipinski definition) is 3. The van der Waals surface area contributed by atoms with E-state index in [4.69, 9.17) is 4.74 Å². The van der Waals surface area contributed by atoms with Crippen molar-refractivity contribution in [2.75, 3.05) is 26.5 Å². The maximum atomic E-state index is 11.4. The summed E-state index contributed by atoms with van der Waals surface area (Å²) in [5, 5.41) is 6.31. The van der Waals surface area contributed by atoms with Gasteiger partial charge < -0.3 is 15.4 Å². The molecule has 3 N–H and O–H groups in total. The van der Waals surface area contributed by atoms with Crippen LogP contribution in [0, 0.1) is 0 Å². The van der Waals surface area contributed by atoms with Crippen LogP contribution in [0.5, 0.6) is 5.75 Å². The average molecular weight is 369 g/mol. The van der Waals surface area contributed by atoms with Gasteiger partial charge in [-0.3, -0.25) is 4.99 Å². The number of nitrogens with zero attached hydrogens (tertiary/aromatic N) is 1. The number of hydrogen-bond acceptors (Lipinski definition) is 4. The summed E-state index contributed by atoms with van der Waals surface area (Å²) < 4.78 is 31.0. The van der Waals surface area contributed by atoms with Gasteiger partial charge in [-0.2, -0.15) is 0 Å². The van der Waals surface area contributed by atoms with E-state index in [1.165, 1.54) is 0 Å². The molecule has 0 amide bonds. The summed E-state index contributed by atoms with van der Waals surface area (Å²) in [5.74, 6) is 1.35. The van der Waals surface area contributed by atoms with Crippen LogP contribution in [0.1, 0.15) is 19.4 Å². The number of guanidine groups is 1. The first-order valence-electron chi connectivity index (χ1n) is 7.92. The molecular formula is C17H28N4O3S. The fraction of sp³-hybridized carbons (Fsp3) is 0.471. The van der Waals surface area contributed by atoms with Gasteiger partial charge in [0.05, 0.1) is 6.26 Å². The largest absolute Gasteiger partial charge is 0.489 e. The van der Waals surface area contributed by atoms with E-state index < -0.39 is 15.6 Å². The van der Waals surface area contributed by atoms with Gasteiger partial charge in [0.25, 0.3) is 0 Å². The Labute approximate surface area is 150 Å². The monoisotopic (exact) mass is 368 g/mol. The lowest BCUT2D eigenvalue weighted by Crippen LogP contribution is -2.52. The van der Waals surface area contributed by atoms with E-state index in [1.807, 2.05) is 24.3 Å². The Hall–Kier alpha value is -2.06. The average Bonchev–Trinajstić information content (AvgIpc) is 2.51. The lowest BCUT2D eigenvalue weighted by atomic mass is 10.1. The fourth-order valence-corrected chi connectivity index (χ4v) is 3.26. The molecule has 8 heteroatoms. The van der Waals surface area contributed by atoms with Crippen LogP contribution in [0.15, 0.2) is 41.9 Å². The summed E-state index contributed by atoms with van der Waals surface area (Å²) in [4.78, 5) is 4.15. The zero-order valence-electron chi connectivity index (χ0n) is 15.3. The minimum atomic E-state index is -3.28. The molecule has 0 unspecified atom stereocenters. The summed E-state index contributed by atoms with van der Waals surface area (Å²) in [6, 6.07) is 7.71. The second kappa shape index (κ2) is 9.43. The molecule has 0 saturated heterocycles. The molecule has 7 nitrogen and oxygen atoms in total. The Morgan fingerprint density at radius 3 is 2.60 bits per heavy atom. The first-order valence-corrected chi connectivity index (χ1v) is 9.81. The highest BCUT2D eigenvalue weighted by atomic mass is 32.2. The maximum Gasteiger partial charge on any atom is 0.209 e. The third-order valence-corrected chi connectivity index (χ3v) is 4.08. The highest BCUT2D eigenvalue weighted by Crippen LogP contribution is 2.17. The van der Waals surface area contributed by atoms with Crippen LogP contribution < -0.4 is 20.1 Å². The Morgan fingerprint density at radius 2 is 2.00 bits per heavy atom. The van der Waals surface area contributed by atoms with Gasteiger partial charge in [0, 0.05) is 31.2 Å². The third-order valence-electron chi connectivity index (χ3n) is 3.16. The summed E-state index contributed by atoms with van der Waals surface area (Å²) in [6.45, 7) is 8.59. The smallest absolute Gasteiger partial charge is 0.209 e. The van der Waals surface area contributed by atoms with Crippen LogP contribution in [0.3, 0.4) is 0 Å². The molecule has 0 saturated carbocycles. The SMILES string of the molecule is C=CCOc1ccccc1CNC(=NC)NCC(C)(C)NS(C)(=O)=O. The summed E-state index contributed by atoms with van der Waals surface area (Å²) >= 11 is 0. The molecule has 0 fully saturated rings. The van der Waals surface area contributed by atoms with Crippen molar-refractivity contribution >= 4 is 16.0 Å². The molecule has 1 aromatic rings. The van der Waals surface area contributed by atoms with Gasteiger partial charge in [-0.25, -0.2) is 13.1 Å². The van der Waals surface area contributed by atoms with Crippen molar-refractivity contribution in [2.24, 2.45) is 4.99 Å². The van der Waals surface area contributed by atoms with Crippen LogP contribution >= 0.6 is 0 Å². The number of rotatable bonds is 9. The van der Waals surface area contributed by atoms with Crippen molar-refractivity contribution in [2.45, 2.75) is 25.9 Å². The number of sulfonamides is 1. The number of nitrogens with one attached hydrogen (secondary N) is 3. The van der Waals surface area contributed by atoms with Crippen molar-refractivity contribution in [3.05, 3.63) is 42.5 Å². The maximum absolute atomic E-state index is 11.4. The number of para-hydroxylation sites is 1. The Balaban J connectivity index is 2.62. The molecule has 0 aromatic heterocycles. The molecular weight excluding hydrogens is 340 g/mol. The zero-order valence-corrected chi connectivity index (χ0v) is 16.1. The molecule has 0 aliphatic rings. The van der Waals surface area contributed by atoms with Gasteiger partial charge in [-0.15, -0.1) is 0 Å². The number of aliphatic imine (C=N–C) groups is 1. The van der Waals surface area contributed by atoms with Crippen LogP contribution in [-0.4, -0.2) is 46.4 Å². The van der Waals surface area contributed by atoms with Crippen molar-refractivity contribution in [3.8, 4) is 5.75 Å². The van der Waals surface area contributed by atoms with Crippen LogP contribution in [0.2, 0.25) is 0 Å². The lowest BCUT2D eigenvalue weighted by Gasteiger charge is -2.26. The third kappa shape index (κ3) is 8.55. The van der Waals surface area contributed by atoms with Gasteiger partial charge >= 0.3 is 0 Å². The van der Waals surface area contributed by atoms with Crippen molar-refractivity contribution in [3.63, 3.8) is 0 Å². The van der Waals surface area contributed by atoms with Crippen LogP contribution in [-0.2, 0) is 16.6 Å². The molecule has 0 radical (unpaired) electrons. The van der Waals surface area contributed by atoms with Gasteiger partial charge in [-0.05, 0) is 19.9 Å². The summed E-state index contributed by atoms with van der Waals surface area (Å²) in [5.41, 5.74) is 0.344. The second-order valence-electron chi connectivity index (χ2n) is 6.24. The van der Waals surface area contributed by atoms with Crippen LogP contribution in [0.4, 0.5) is 0 Å². The predicted molar refractivity (Wildman–Crippen MR) is 102 cm³/mol. The molecule has 0 heterocycles. The Bertz CT molecular complexity index is 700. The topological polar surface area (TPSA) is 91.8 Å². The minimum Gasteiger partial charge on any atom is -0.489 e. The molecule has 0 aliphatic heterocycles. The molecule has 0 spiro atoms. The standard InChI is InChI=1S/C17H28N4O3S/c1-6-11-24-15-10-8-7-9-14(15)12-19-16(18-4)20-13-17(2,3)21-25(5,22)23/h6-10,21H,1,11-13H2,2-5H3,(H2,18,19,20). The number of ether oxygens (including phenoxy) is 1. The van der Waals surface area contributed by atoms with Crippen LogP contribution in [0.25, 0.3) is 0 Å². The Morgan fingerprint density at radius 1 is 1.32 bits per heavy atom. The first kappa shape index (κ1) is 21.0. The summed E-state index contributed by atoms with van der Waals surface area (Å²) in [6.07, 6.45) is 2.84. The van der Waals surface area contributed by atoms with Gasteiger partial charge in [0.2, 0.25) is 10.0 Å². The fourth-order valence-electron chi connectivity index (χ4n) is 2.18. The van der Waals surface area contributed by atoms with Gasteiger partial charge in [0.1, 0.15) is 12.4 Å². The van der Waals surface area contributed by atoms with Crippen molar-refractivity contribution in [1.82, 2.24) is 15.4 Å². The minimum absolute atomic E-state index is 0.383. The van der Waals surface area contributed by atoms with E-state index in [0.29, 0.717) is 25.7 Å². The predicted octanol–water partition coefficient (Wildman–Crippen LogP) is 1.24. The molecule has 140 valence electrons. The normalized spacial score (nSPS) is 12.6. The second-order valence-corrected chi connectivity index (χ2v) is 7.99. The molecule has 1 rings (SSSR count). The van der Waals surface area contributed by atoms with E-state index in [-0.39, 0.29) is 0 Å². The van der Waals surface area contributed by atoms with E-state index in [1.54, 1.807) is 27.0 Å². The van der Waals surface area contributed by atoms with Gasteiger partial charge in [0.15, 0.2) is 5.96 Å². The highest BCUT2D eigenvalue weighted by Gasteiger charge is 2.22. The van der Waals surface area contributed by atoms with Crippen molar-refractivity contribution < 1.29 is 13.2 Å². The van der Waals surface area contributed by atoms with E-state index in [0.717, 1.165) is 17.6 Å². The summed E-state index contributed by atoms with van der Waals surface area (Å²) in [7, 11) is -1.62. The van der Waals surface area contributed by atoms with E-state index in [9.17, 15) is 8.42 Å². The molecule has 0 atom stereocenters. The molecule has 0 bridgehead atoms. The van der Waals surface area contributed by atoms with E-state index >= 15 is 0 Å².